The van der Waals surface area contributed by atoms with Crippen molar-refractivity contribution >= 4 is 16.9 Å². The van der Waals surface area contributed by atoms with Gasteiger partial charge in [0.15, 0.2) is 0 Å². The molecule has 1 amide bonds. The molecule has 0 aromatic carbocycles. The molecule has 1 aliphatic heterocycles. The van der Waals surface area contributed by atoms with Crippen molar-refractivity contribution in [2.75, 3.05) is 25.9 Å². The Bertz CT molecular complexity index is 368. The predicted molar refractivity (Wildman–Crippen MR) is 87.0 cm³/mol. The first-order valence-electron chi connectivity index (χ1n) is 7.72. The summed E-state index contributed by atoms with van der Waals surface area (Å²) in [4.78, 5) is 13.9. The topological polar surface area (TPSA) is 58.6 Å². The quantitative estimate of drug-likeness (QED) is 0.863. The number of rotatable bonds is 4. The van der Waals surface area contributed by atoms with Gasteiger partial charge in [0.1, 0.15) is 5.60 Å². The summed E-state index contributed by atoms with van der Waals surface area (Å²) in [7, 11) is -0.792. The van der Waals surface area contributed by atoms with E-state index in [1.54, 1.807) is 11.2 Å². The second-order valence-corrected chi connectivity index (χ2v) is 8.61. The molecule has 1 N–H and O–H groups in total. The lowest BCUT2D eigenvalue weighted by molar-refractivity contribution is 0.0256. The maximum atomic E-state index is 12.1. The lowest BCUT2D eigenvalue weighted by atomic mass is 10.1. The van der Waals surface area contributed by atoms with E-state index in [0.717, 1.165) is 38.9 Å². The zero-order chi connectivity index (χ0) is 16.0. The summed E-state index contributed by atoms with van der Waals surface area (Å²) in [5, 5.41) is 3.64. The van der Waals surface area contributed by atoms with Crippen molar-refractivity contribution in [2.45, 2.75) is 63.9 Å². The molecule has 1 saturated heterocycles. The zero-order valence-corrected chi connectivity index (χ0v) is 14.8. The molecule has 0 saturated carbocycles. The highest BCUT2D eigenvalue weighted by atomic mass is 32.2. The maximum Gasteiger partial charge on any atom is 0.410 e. The van der Waals surface area contributed by atoms with Gasteiger partial charge in [-0.05, 0) is 47.0 Å². The normalized spacial score (nSPS) is 23.3. The van der Waals surface area contributed by atoms with Crippen LogP contribution < -0.4 is 5.32 Å². The highest BCUT2D eigenvalue weighted by molar-refractivity contribution is 7.84. The first-order chi connectivity index (χ1) is 9.69. The SMILES string of the molecule is CC(CNC1CCCN(C(=O)OC(C)(C)C)CC1)S(C)=O. The third-order valence-electron chi connectivity index (χ3n) is 3.64. The van der Waals surface area contributed by atoms with E-state index < -0.39 is 16.4 Å². The Morgan fingerprint density at radius 3 is 2.62 bits per heavy atom. The van der Waals surface area contributed by atoms with Gasteiger partial charge in [-0.1, -0.05) is 0 Å². The van der Waals surface area contributed by atoms with Crippen LogP contribution in [0.5, 0.6) is 0 Å². The minimum Gasteiger partial charge on any atom is -0.444 e. The molecule has 21 heavy (non-hydrogen) atoms. The molecule has 0 aliphatic carbocycles. The second kappa shape index (κ2) is 8.13. The molecule has 0 aromatic heterocycles. The van der Waals surface area contributed by atoms with Gasteiger partial charge in [0.2, 0.25) is 0 Å². The van der Waals surface area contributed by atoms with Gasteiger partial charge in [-0.3, -0.25) is 4.21 Å². The van der Waals surface area contributed by atoms with E-state index in [1.165, 1.54) is 0 Å². The lowest BCUT2D eigenvalue weighted by Crippen LogP contribution is -2.39. The van der Waals surface area contributed by atoms with E-state index in [4.69, 9.17) is 4.74 Å². The number of hydrogen-bond acceptors (Lipinski definition) is 4. The van der Waals surface area contributed by atoms with Crippen molar-refractivity contribution in [1.82, 2.24) is 10.2 Å². The van der Waals surface area contributed by atoms with E-state index >= 15 is 0 Å². The van der Waals surface area contributed by atoms with Gasteiger partial charge in [-0.2, -0.15) is 0 Å². The van der Waals surface area contributed by atoms with Crippen LogP contribution in [0.25, 0.3) is 0 Å². The Morgan fingerprint density at radius 1 is 1.38 bits per heavy atom. The van der Waals surface area contributed by atoms with E-state index in [-0.39, 0.29) is 11.3 Å². The molecule has 0 spiro atoms. The summed E-state index contributed by atoms with van der Waals surface area (Å²) in [5.74, 6) is 0. The van der Waals surface area contributed by atoms with Crippen molar-refractivity contribution in [3.63, 3.8) is 0 Å². The van der Waals surface area contributed by atoms with E-state index in [1.807, 2.05) is 27.7 Å². The van der Waals surface area contributed by atoms with Crippen LogP contribution in [0.2, 0.25) is 0 Å². The summed E-state index contributed by atoms with van der Waals surface area (Å²) in [6.45, 7) is 9.89. The molecular weight excluding hydrogens is 288 g/mol. The summed E-state index contributed by atoms with van der Waals surface area (Å²) in [6.07, 6.45) is 4.46. The molecule has 1 rings (SSSR count). The fourth-order valence-electron chi connectivity index (χ4n) is 2.26. The first-order valence-corrected chi connectivity index (χ1v) is 9.34. The van der Waals surface area contributed by atoms with E-state index in [2.05, 4.69) is 5.32 Å². The highest BCUT2D eigenvalue weighted by Crippen LogP contribution is 2.15. The van der Waals surface area contributed by atoms with Crippen LogP contribution in [-0.2, 0) is 15.5 Å². The number of likely N-dealkylation sites (tertiary alicyclic amines) is 1. The third kappa shape index (κ3) is 7.27. The summed E-state index contributed by atoms with van der Waals surface area (Å²) in [6, 6.07) is 0.392. The summed E-state index contributed by atoms with van der Waals surface area (Å²) < 4.78 is 16.8. The van der Waals surface area contributed by atoms with Crippen molar-refractivity contribution in [3.05, 3.63) is 0 Å². The zero-order valence-electron chi connectivity index (χ0n) is 14.0. The highest BCUT2D eigenvalue weighted by Gasteiger charge is 2.25. The Kier molecular flexibility index (Phi) is 7.13. The van der Waals surface area contributed by atoms with E-state index in [9.17, 15) is 9.00 Å². The molecule has 1 heterocycles. The number of nitrogens with zero attached hydrogens (tertiary/aromatic N) is 1. The maximum absolute atomic E-state index is 12.1. The standard InChI is InChI=1S/C15H30N2O3S/c1-12(21(5)19)11-16-13-7-6-9-17(10-8-13)14(18)20-15(2,3)4/h12-13,16H,6-11H2,1-5H3. The summed E-state index contributed by atoms with van der Waals surface area (Å²) >= 11 is 0. The van der Waals surface area contributed by atoms with Gasteiger partial charge in [-0.25, -0.2) is 4.79 Å². The number of carbonyl (C=O) groups excluding carboxylic acids is 1. The first kappa shape index (κ1) is 18.4. The number of hydrogen-bond donors (Lipinski definition) is 1. The summed E-state index contributed by atoms with van der Waals surface area (Å²) in [5.41, 5.74) is -0.443. The number of ether oxygens (including phenoxy) is 1. The van der Waals surface area contributed by atoms with E-state index in [0.29, 0.717) is 6.04 Å². The van der Waals surface area contributed by atoms with Crippen LogP contribution in [-0.4, -0.2) is 58.0 Å². The molecule has 3 atom stereocenters. The van der Waals surface area contributed by atoms with Crippen LogP contribution in [0.15, 0.2) is 0 Å². The van der Waals surface area contributed by atoms with Gasteiger partial charge in [-0.15, -0.1) is 0 Å². The average Bonchev–Trinajstić information content (AvgIpc) is 2.59. The Morgan fingerprint density at radius 2 is 2.05 bits per heavy atom. The molecule has 0 bridgehead atoms. The Labute approximate surface area is 131 Å². The van der Waals surface area contributed by atoms with Crippen molar-refractivity contribution in [1.29, 1.82) is 0 Å². The molecule has 5 nitrogen and oxygen atoms in total. The minimum absolute atomic E-state index is 0.162. The average molecular weight is 318 g/mol. The molecule has 1 aliphatic rings. The third-order valence-corrected chi connectivity index (χ3v) is 4.94. The van der Waals surface area contributed by atoms with Crippen LogP contribution in [0.4, 0.5) is 4.79 Å². The van der Waals surface area contributed by atoms with Crippen LogP contribution in [0.3, 0.4) is 0 Å². The van der Waals surface area contributed by atoms with Gasteiger partial charge in [0, 0.05) is 48.0 Å². The molecule has 0 aromatic rings. The Balaban J connectivity index is 2.40. The monoisotopic (exact) mass is 318 g/mol. The fraction of sp³-hybridized carbons (Fsp3) is 0.933. The van der Waals surface area contributed by atoms with Gasteiger partial charge < -0.3 is 15.0 Å². The smallest absolute Gasteiger partial charge is 0.410 e. The molecule has 1 fully saturated rings. The van der Waals surface area contributed by atoms with Gasteiger partial charge >= 0.3 is 6.09 Å². The largest absolute Gasteiger partial charge is 0.444 e. The minimum atomic E-state index is -0.792. The molecule has 3 unspecified atom stereocenters. The molecule has 6 heteroatoms. The van der Waals surface area contributed by atoms with Crippen LogP contribution >= 0.6 is 0 Å². The van der Waals surface area contributed by atoms with Crippen molar-refractivity contribution in [2.24, 2.45) is 0 Å². The van der Waals surface area contributed by atoms with Crippen LogP contribution in [0, 0.1) is 0 Å². The Hall–Kier alpha value is -0.620. The van der Waals surface area contributed by atoms with Gasteiger partial charge in [0.25, 0.3) is 0 Å². The van der Waals surface area contributed by atoms with Crippen LogP contribution in [0.1, 0.15) is 47.0 Å². The number of nitrogens with one attached hydrogen (secondary N) is 1. The second-order valence-electron chi connectivity index (χ2n) is 6.81. The number of amides is 1. The fourth-order valence-corrected chi connectivity index (χ4v) is 2.59. The predicted octanol–water partition coefficient (Wildman–Crippen LogP) is 2.13. The molecular formula is C15H30N2O3S. The molecule has 0 radical (unpaired) electrons. The van der Waals surface area contributed by atoms with Gasteiger partial charge in [0.05, 0.1) is 0 Å². The lowest BCUT2D eigenvalue weighted by Gasteiger charge is -2.26. The van der Waals surface area contributed by atoms with Crippen molar-refractivity contribution < 1.29 is 13.7 Å². The molecule has 124 valence electrons. The van der Waals surface area contributed by atoms with Crippen molar-refractivity contribution in [3.8, 4) is 0 Å². The number of carbonyl (C=O) groups is 1.